The molecule has 2 aromatic heterocycles. The molecule has 4 aromatic rings. The highest BCUT2D eigenvalue weighted by Gasteiger charge is 1.92. The Hall–Kier alpha value is -3.70. The lowest BCUT2D eigenvalue weighted by Gasteiger charge is -2.04. The molecule has 5 nitrogen and oxygen atoms in total. The average Bonchev–Trinajstić information content (AvgIpc) is 2.81. The standard InChI is InChI=1S/C12H12N2.C6H7NO.C6H7N/c1-2-6-11(7-3-1)14-10-12-8-4-5-9-13-12;8-5-6-3-1-2-4-7-6;7-6-4-2-1-3-5-6/h1-9,14H,10H2;1-4,8H,5H2;1-5H,7H2. The van der Waals surface area contributed by atoms with Crippen LogP contribution in [0.2, 0.25) is 0 Å². The maximum atomic E-state index is 8.48. The summed E-state index contributed by atoms with van der Waals surface area (Å²) < 4.78 is 0. The molecule has 29 heavy (non-hydrogen) atoms. The zero-order valence-electron chi connectivity index (χ0n) is 16.2. The van der Waals surface area contributed by atoms with Gasteiger partial charge in [-0.1, -0.05) is 48.5 Å². The second kappa shape index (κ2) is 13.5. The van der Waals surface area contributed by atoms with E-state index in [1.165, 1.54) is 0 Å². The highest BCUT2D eigenvalue weighted by atomic mass is 16.3. The summed E-state index contributed by atoms with van der Waals surface area (Å²) in [5.74, 6) is 0. The number of anilines is 2. The molecule has 0 amide bonds. The van der Waals surface area contributed by atoms with Crippen LogP contribution in [0.15, 0.2) is 109 Å². The number of nitrogens with two attached hydrogens (primary N) is 1. The van der Waals surface area contributed by atoms with Gasteiger partial charge in [-0.3, -0.25) is 9.97 Å². The van der Waals surface area contributed by atoms with Gasteiger partial charge in [0.25, 0.3) is 0 Å². The van der Waals surface area contributed by atoms with Crippen molar-refractivity contribution >= 4 is 11.4 Å². The molecule has 0 saturated carbocycles. The molecule has 0 unspecified atom stereocenters. The molecule has 0 saturated heterocycles. The summed E-state index contributed by atoms with van der Waals surface area (Å²) in [6.07, 6.45) is 3.47. The number of hydrogen-bond acceptors (Lipinski definition) is 5. The van der Waals surface area contributed by atoms with Gasteiger partial charge in [-0.05, 0) is 48.5 Å². The lowest BCUT2D eigenvalue weighted by Crippen LogP contribution is -2.00. The fraction of sp³-hybridized carbons (Fsp3) is 0.0833. The molecule has 0 atom stereocenters. The van der Waals surface area contributed by atoms with E-state index in [9.17, 15) is 0 Å². The van der Waals surface area contributed by atoms with E-state index in [1.807, 2.05) is 97.2 Å². The summed E-state index contributed by atoms with van der Waals surface area (Å²) in [4.78, 5) is 8.08. The van der Waals surface area contributed by atoms with Crippen LogP contribution in [0.3, 0.4) is 0 Å². The zero-order chi connectivity index (χ0) is 20.6. The first-order chi connectivity index (χ1) is 14.3. The Kier molecular flexibility index (Phi) is 10.0. The Morgan fingerprint density at radius 2 is 1.17 bits per heavy atom. The number of para-hydroxylation sites is 2. The van der Waals surface area contributed by atoms with Crippen LogP contribution in [0.25, 0.3) is 0 Å². The molecule has 0 bridgehead atoms. The minimum Gasteiger partial charge on any atom is -0.399 e. The third-order valence-electron chi connectivity index (χ3n) is 3.66. The Morgan fingerprint density at radius 1 is 0.655 bits per heavy atom. The maximum absolute atomic E-state index is 8.48. The number of nitrogen functional groups attached to an aromatic ring is 1. The van der Waals surface area contributed by atoms with Crippen LogP contribution in [0.1, 0.15) is 11.4 Å². The lowest BCUT2D eigenvalue weighted by molar-refractivity contribution is 0.277. The van der Waals surface area contributed by atoms with Crippen molar-refractivity contribution in [3.8, 4) is 0 Å². The van der Waals surface area contributed by atoms with Crippen molar-refractivity contribution in [2.75, 3.05) is 11.1 Å². The second-order valence-electron chi connectivity index (χ2n) is 5.93. The van der Waals surface area contributed by atoms with Crippen LogP contribution in [-0.2, 0) is 13.2 Å². The first-order valence-corrected chi connectivity index (χ1v) is 9.28. The Labute approximate surface area is 171 Å². The van der Waals surface area contributed by atoms with Gasteiger partial charge in [-0.2, -0.15) is 0 Å². The van der Waals surface area contributed by atoms with Crippen molar-refractivity contribution in [3.63, 3.8) is 0 Å². The van der Waals surface area contributed by atoms with E-state index in [0.717, 1.165) is 23.6 Å². The van der Waals surface area contributed by atoms with E-state index in [1.54, 1.807) is 12.3 Å². The Balaban J connectivity index is 0.000000170. The van der Waals surface area contributed by atoms with E-state index in [-0.39, 0.29) is 6.61 Å². The summed E-state index contributed by atoms with van der Waals surface area (Å²) in [6.45, 7) is 0.797. The Bertz CT molecular complexity index is 849. The molecule has 4 N–H and O–H groups in total. The molecule has 0 aliphatic rings. The van der Waals surface area contributed by atoms with Gasteiger partial charge < -0.3 is 16.2 Å². The molecule has 0 fully saturated rings. The van der Waals surface area contributed by atoms with E-state index in [4.69, 9.17) is 10.8 Å². The normalized spacial score (nSPS) is 9.28. The van der Waals surface area contributed by atoms with Crippen LogP contribution >= 0.6 is 0 Å². The van der Waals surface area contributed by atoms with Gasteiger partial charge >= 0.3 is 0 Å². The number of aliphatic hydroxyl groups excluding tert-OH is 1. The SMILES string of the molecule is Nc1ccccc1.OCc1ccccn1.c1ccc(NCc2ccccn2)cc1. The third-order valence-corrected chi connectivity index (χ3v) is 3.66. The number of rotatable bonds is 4. The van der Waals surface area contributed by atoms with Crippen LogP contribution < -0.4 is 11.1 Å². The Morgan fingerprint density at radius 3 is 1.59 bits per heavy atom. The molecule has 0 aliphatic heterocycles. The van der Waals surface area contributed by atoms with Gasteiger partial charge in [-0.15, -0.1) is 0 Å². The zero-order valence-corrected chi connectivity index (χ0v) is 16.2. The molecule has 0 radical (unpaired) electrons. The summed E-state index contributed by atoms with van der Waals surface area (Å²) in [5, 5.41) is 11.8. The molecule has 148 valence electrons. The van der Waals surface area contributed by atoms with Crippen molar-refractivity contribution in [1.82, 2.24) is 9.97 Å². The van der Waals surface area contributed by atoms with Crippen LogP contribution in [-0.4, -0.2) is 15.1 Å². The molecule has 2 heterocycles. The van der Waals surface area contributed by atoms with Gasteiger partial charge in [0.05, 0.1) is 24.5 Å². The van der Waals surface area contributed by atoms with E-state index in [0.29, 0.717) is 5.69 Å². The average molecular weight is 386 g/mol. The van der Waals surface area contributed by atoms with Crippen molar-refractivity contribution in [2.24, 2.45) is 0 Å². The third kappa shape index (κ3) is 9.70. The number of nitrogens with one attached hydrogen (secondary N) is 1. The molecule has 0 aliphatic carbocycles. The number of benzene rings is 2. The van der Waals surface area contributed by atoms with Crippen LogP contribution in [0, 0.1) is 0 Å². The molecule has 4 rings (SSSR count). The van der Waals surface area contributed by atoms with Crippen molar-refractivity contribution in [2.45, 2.75) is 13.2 Å². The van der Waals surface area contributed by atoms with Gasteiger partial charge in [0.1, 0.15) is 0 Å². The number of pyridine rings is 2. The number of nitrogens with zero attached hydrogens (tertiary/aromatic N) is 2. The van der Waals surface area contributed by atoms with Gasteiger partial charge in [0.15, 0.2) is 0 Å². The summed E-state index contributed by atoms with van der Waals surface area (Å²) in [5.41, 5.74) is 9.07. The van der Waals surface area contributed by atoms with Gasteiger partial charge in [0, 0.05) is 23.8 Å². The quantitative estimate of drug-likeness (QED) is 0.449. The van der Waals surface area contributed by atoms with Crippen LogP contribution in [0.5, 0.6) is 0 Å². The summed E-state index contributed by atoms with van der Waals surface area (Å²) in [6, 6.07) is 31.0. The minimum absolute atomic E-state index is 0.0286. The predicted octanol–water partition coefficient (Wildman–Crippen LogP) is 4.54. The summed E-state index contributed by atoms with van der Waals surface area (Å²) >= 11 is 0. The molecular formula is C24H26N4O. The van der Waals surface area contributed by atoms with E-state index < -0.39 is 0 Å². The van der Waals surface area contributed by atoms with E-state index in [2.05, 4.69) is 15.3 Å². The first-order valence-electron chi connectivity index (χ1n) is 9.28. The monoisotopic (exact) mass is 386 g/mol. The largest absolute Gasteiger partial charge is 0.399 e. The topological polar surface area (TPSA) is 84.1 Å². The highest BCUT2D eigenvalue weighted by molar-refractivity contribution is 5.42. The fourth-order valence-electron chi connectivity index (χ4n) is 2.20. The predicted molar refractivity (Wildman–Crippen MR) is 119 cm³/mol. The number of aromatic nitrogens is 2. The molecule has 0 spiro atoms. The summed E-state index contributed by atoms with van der Waals surface area (Å²) in [7, 11) is 0. The fourth-order valence-corrected chi connectivity index (χ4v) is 2.20. The van der Waals surface area contributed by atoms with Gasteiger partial charge in [0.2, 0.25) is 0 Å². The first kappa shape index (κ1) is 21.6. The highest BCUT2D eigenvalue weighted by Crippen LogP contribution is 2.06. The van der Waals surface area contributed by atoms with Crippen LogP contribution in [0.4, 0.5) is 11.4 Å². The van der Waals surface area contributed by atoms with E-state index >= 15 is 0 Å². The smallest absolute Gasteiger partial charge is 0.0852 e. The van der Waals surface area contributed by atoms with Crippen molar-refractivity contribution < 1.29 is 5.11 Å². The lowest BCUT2D eigenvalue weighted by atomic mass is 10.3. The van der Waals surface area contributed by atoms with Crippen molar-refractivity contribution in [1.29, 1.82) is 0 Å². The number of hydrogen-bond donors (Lipinski definition) is 3. The number of aliphatic hydroxyl groups is 1. The van der Waals surface area contributed by atoms with Crippen molar-refractivity contribution in [3.05, 3.63) is 121 Å². The molecule has 2 aromatic carbocycles. The second-order valence-corrected chi connectivity index (χ2v) is 5.93. The minimum atomic E-state index is 0.0286. The molecular weight excluding hydrogens is 360 g/mol. The van der Waals surface area contributed by atoms with Gasteiger partial charge in [-0.25, -0.2) is 0 Å². The maximum Gasteiger partial charge on any atom is 0.0852 e. The molecule has 5 heteroatoms.